The van der Waals surface area contributed by atoms with Gasteiger partial charge in [-0.1, -0.05) is 18.9 Å². The third kappa shape index (κ3) is 2.07. The zero-order valence-corrected chi connectivity index (χ0v) is 11.9. The van der Waals surface area contributed by atoms with Crippen LogP contribution in [-0.2, 0) is 0 Å². The standard InChI is InChI=1S/C13H15BrN4/c1-9-6-7-11(14)12(8-9)18-13(15-16-17-18)10-4-2-3-5-10/h6-8,10H,2-5H2,1H3. The summed E-state index contributed by atoms with van der Waals surface area (Å²) in [6.07, 6.45) is 4.96. The van der Waals surface area contributed by atoms with Crippen LogP contribution in [0.15, 0.2) is 22.7 Å². The minimum absolute atomic E-state index is 0.507. The summed E-state index contributed by atoms with van der Waals surface area (Å²) < 4.78 is 2.91. The molecule has 1 fully saturated rings. The molecule has 5 heteroatoms. The van der Waals surface area contributed by atoms with Gasteiger partial charge in [-0.3, -0.25) is 0 Å². The fraction of sp³-hybridized carbons (Fsp3) is 0.462. The average molecular weight is 307 g/mol. The normalized spacial score (nSPS) is 16.3. The molecular formula is C13H15BrN4. The molecule has 1 aliphatic carbocycles. The molecule has 1 aromatic heterocycles. The Hall–Kier alpha value is -1.23. The molecule has 0 atom stereocenters. The van der Waals surface area contributed by atoms with Crippen LogP contribution in [0.2, 0.25) is 0 Å². The van der Waals surface area contributed by atoms with Gasteiger partial charge in [-0.2, -0.15) is 4.68 Å². The van der Waals surface area contributed by atoms with Gasteiger partial charge in [0.05, 0.1) is 5.69 Å². The maximum absolute atomic E-state index is 4.23. The first-order chi connectivity index (χ1) is 8.75. The third-order valence-electron chi connectivity index (χ3n) is 3.54. The summed E-state index contributed by atoms with van der Waals surface area (Å²) in [5, 5.41) is 12.2. The van der Waals surface area contributed by atoms with Gasteiger partial charge in [-0.05, 0) is 63.8 Å². The molecule has 1 aliphatic rings. The number of nitrogens with zero attached hydrogens (tertiary/aromatic N) is 4. The van der Waals surface area contributed by atoms with E-state index in [-0.39, 0.29) is 0 Å². The largest absolute Gasteiger partial charge is 0.196 e. The van der Waals surface area contributed by atoms with Gasteiger partial charge in [-0.25, -0.2) is 0 Å². The van der Waals surface area contributed by atoms with Crippen molar-refractivity contribution in [2.75, 3.05) is 0 Å². The molecular weight excluding hydrogens is 292 g/mol. The van der Waals surface area contributed by atoms with Crippen molar-refractivity contribution < 1.29 is 0 Å². The van der Waals surface area contributed by atoms with Gasteiger partial charge in [0.1, 0.15) is 0 Å². The molecule has 0 aliphatic heterocycles. The Morgan fingerprint density at radius 3 is 2.83 bits per heavy atom. The Kier molecular flexibility index (Phi) is 3.16. The highest BCUT2D eigenvalue weighted by atomic mass is 79.9. The molecule has 18 heavy (non-hydrogen) atoms. The molecule has 0 spiro atoms. The van der Waals surface area contributed by atoms with Crippen LogP contribution in [0.25, 0.3) is 5.69 Å². The summed E-state index contributed by atoms with van der Waals surface area (Å²) in [6, 6.07) is 6.23. The first-order valence-corrected chi connectivity index (χ1v) is 7.10. The van der Waals surface area contributed by atoms with E-state index in [1.807, 2.05) is 10.7 Å². The van der Waals surface area contributed by atoms with E-state index in [2.05, 4.69) is 50.5 Å². The van der Waals surface area contributed by atoms with Crippen molar-refractivity contribution in [2.45, 2.75) is 38.5 Å². The number of benzene rings is 1. The number of rotatable bonds is 2. The van der Waals surface area contributed by atoms with E-state index >= 15 is 0 Å². The first-order valence-electron chi connectivity index (χ1n) is 6.30. The Morgan fingerprint density at radius 2 is 2.06 bits per heavy atom. The first kappa shape index (κ1) is 11.8. The molecule has 1 heterocycles. The molecule has 3 rings (SSSR count). The highest BCUT2D eigenvalue weighted by molar-refractivity contribution is 9.10. The minimum Gasteiger partial charge on any atom is -0.196 e. The number of hydrogen-bond donors (Lipinski definition) is 0. The van der Waals surface area contributed by atoms with Crippen molar-refractivity contribution >= 4 is 15.9 Å². The van der Waals surface area contributed by atoms with Crippen LogP contribution >= 0.6 is 15.9 Å². The zero-order valence-electron chi connectivity index (χ0n) is 10.3. The molecule has 1 aromatic carbocycles. The maximum Gasteiger partial charge on any atom is 0.159 e. The highest BCUT2D eigenvalue weighted by Gasteiger charge is 2.24. The summed E-state index contributed by atoms with van der Waals surface area (Å²) in [6.45, 7) is 2.08. The van der Waals surface area contributed by atoms with Crippen molar-refractivity contribution in [3.05, 3.63) is 34.1 Å². The molecule has 94 valence electrons. The number of aromatic nitrogens is 4. The van der Waals surface area contributed by atoms with Crippen molar-refractivity contribution in [1.82, 2.24) is 20.2 Å². The number of tetrazole rings is 1. The molecule has 2 aromatic rings. The monoisotopic (exact) mass is 306 g/mol. The van der Waals surface area contributed by atoms with E-state index in [0.717, 1.165) is 16.0 Å². The second kappa shape index (κ2) is 4.80. The van der Waals surface area contributed by atoms with Crippen molar-refractivity contribution in [3.63, 3.8) is 0 Å². The lowest BCUT2D eigenvalue weighted by Gasteiger charge is -2.11. The van der Waals surface area contributed by atoms with E-state index in [1.54, 1.807) is 0 Å². The Labute approximate surface area is 115 Å². The third-order valence-corrected chi connectivity index (χ3v) is 4.21. The molecule has 0 bridgehead atoms. The predicted molar refractivity (Wildman–Crippen MR) is 72.8 cm³/mol. The average Bonchev–Trinajstić information content (AvgIpc) is 3.00. The number of aryl methyl sites for hydroxylation is 1. The summed E-state index contributed by atoms with van der Waals surface area (Å²) in [5.41, 5.74) is 2.24. The second-order valence-corrected chi connectivity index (χ2v) is 5.74. The lowest BCUT2D eigenvalue weighted by molar-refractivity contribution is 0.635. The van der Waals surface area contributed by atoms with Crippen molar-refractivity contribution in [1.29, 1.82) is 0 Å². The predicted octanol–water partition coefficient (Wildman–Crippen LogP) is 3.39. The van der Waals surface area contributed by atoms with Crippen LogP contribution in [0.4, 0.5) is 0 Å². The van der Waals surface area contributed by atoms with E-state index in [4.69, 9.17) is 0 Å². The summed E-state index contributed by atoms with van der Waals surface area (Å²) in [5.74, 6) is 1.51. The number of hydrogen-bond acceptors (Lipinski definition) is 3. The van der Waals surface area contributed by atoms with Crippen LogP contribution in [0.3, 0.4) is 0 Å². The molecule has 0 unspecified atom stereocenters. The minimum atomic E-state index is 0.507. The van der Waals surface area contributed by atoms with Gasteiger partial charge >= 0.3 is 0 Å². The molecule has 4 nitrogen and oxygen atoms in total. The van der Waals surface area contributed by atoms with Gasteiger partial charge < -0.3 is 0 Å². The molecule has 0 radical (unpaired) electrons. The summed E-state index contributed by atoms with van der Waals surface area (Å²) in [7, 11) is 0. The van der Waals surface area contributed by atoms with E-state index in [9.17, 15) is 0 Å². The maximum atomic E-state index is 4.23. The van der Waals surface area contributed by atoms with Crippen LogP contribution in [-0.4, -0.2) is 20.2 Å². The molecule has 0 N–H and O–H groups in total. The lowest BCUT2D eigenvalue weighted by atomic mass is 10.1. The SMILES string of the molecule is Cc1ccc(Br)c(-n2nnnc2C2CCCC2)c1. The summed E-state index contributed by atoms with van der Waals surface area (Å²) in [4.78, 5) is 0. The van der Waals surface area contributed by atoms with Crippen LogP contribution in [0.1, 0.15) is 43.0 Å². The topological polar surface area (TPSA) is 43.6 Å². The van der Waals surface area contributed by atoms with E-state index in [1.165, 1.54) is 31.2 Å². The number of halogens is 1. The molecule has 0 saturated heterocycles. The van der Waals surface area contributed by atoms with Gasteiger partial charge in [0, 0.05) is 10.4 Å². The van der Waals surface area contributed by atoms with E-state index < -0.39 is 0 Å². The second-order valence-electron chi connectivity index (χ2n) is 4.89. The fourth-order valence-corrected chi connectivity index (χ4v) is 3.00. The van der Waals surface area contributed by atoms with Gasteiger partial charge in [0.2, 0.25) is 0 Å². The lowest BCUT2D eigenvalue weighted by Crippen LogP contribution is -2.07. The molecule has 1 saturated carbocycles. The fourth-order valence-electron chi connectivity index (χ4n) is 2.59. The quantitative estimate of drug-likeness (QED) is 0.854. The Bertz CT molecular complexity index is 558. The zero-order chi connectivity index (χ0) is 12.5. The Morgan fingerprint density at radius 1 is 1.28 bits per heavy atom. The van der Waals surface area contributed by atoms with Gasteiger partial charge in [-0.15, -0.1) is 5.10 Å². The Balaban J connectivity index is 2.06. The van der Waals surface area contributed by atoms with Crippen molar-refractivity contribution in [2.24, 2.45) is 0 Å². The molecule has 0 amide bonds. The van der Waals surface area contributed by atoms with Crippen LogP contribution in [0.5, 0.6) is 0 Å². The van der Waals surface area contributed by atoms with Gasteiger partial charge in [0.25, 0.3) is 0 Å². The van der Waals surface area contributed by atoms with Crippen molar-refractivity contribution in [3.8, 4) is 5.69 Å². The van der Waals surface area contributed by atoms with E-state index in [0.29, 0.717) is 5.92 Å². The summed E-state index contributed by atoms with van der Waals surface area (Å²) >= 11 is 3.58. The highest BCUT2D eigenvalue weighted by Crippen LogP contribution is 2.34. The van der Waals surface area contributed by atoms with Crippen LogP contribution < -0.4 is 0 Å². The van der Waals surface area contributed by atoms with Gasteiger partial charge in [0.15, 0.2) is 5.82 Å². The van der Waals surface area contributed by atoms with Crippen LogP contribution in [0, 0.1) is 6.92 Å². The smallest absolute Gasteiger partial charge is 0.159 e.